The molecular formula is C18H29N5O2. The van der Waals surface area contributed by atoms with E-state index in [9.17, 15) is 4.79 Å². The van der Waals surface area contributed by atoms with Crippen LogP contribution in [0.4, 0.5) is 11.8 Å². The van der Waals surface area contributed by atoms with Gasteiger partial charge in [-0.15, -0.1) is 0 Å². The fourth-order valence-electron chi connectivity index (χ4n) is 3.64. The molecule has 0 aliphatic heterocycles. The second-order valence-electron chi connectivity index (χ2n) is 7.30. The quantitative estimate of drug-likeness (QED) is 0.700. The number of amides is 1. The number of ether oxygens (including phenoxy) is 1. The maximum atomic E-state index is 11.7. The molecule has 2 aliphatic rings. The molecule has 2 saturated carbocycles. The Morgan fingerprint density at radius 3 is 2.56 bits per heavy atom. The normalized spacial score (nSPS) is 25.0. The summed E-state index contributed by atoms with van der Waals surface area (Å²) in [5.41, 5.74) is 5.83. The van der Waals surface area contributed by atoms with Gasteiger partial charge in [-0.05, 0) is 51.4 Å². The molecule has 25 heavy (non-hydrogen) atoms. The molecule has 1 heterocycles. The molecule has 138 valence electrons. The number of rotatable bonds is 7. The van der Waals surface area contributed by atoms with E-state index in [2.05, 4.69) is 27.5 Å². The van der Waals surface area contributed by atoms with Gasteiger partial charge in [0.25, 0.3) is 5.91 Å². The lowest BCUT2D eigenvalue weighted by atomic mass is 9.80. The van der Waals surface area contributed by atoms with Crippen LogP contribution in [0.3, 0.4) is 0 Å². The Hall–Kier alpha value is -1.89. The van der Waals surface area contributed by atoms with Gasteiger partial charge in [-0.2, -0.15) is 4.98 Å². The van der Waals surface area contributed by atoms with E-state index in [1.807, 2.05) is 0 Å². The van der Waals surface area contributed by atoms with Crippen molar-refractivity contribution in [2.45, 2.75) is 70.1 Å². The lowest BCUT2D eigenvalue weighted by Crippen LogP contribution is -2.33. The van der Waals surface area contributed by atoms with Crippen molar-refractivity contribution in [3.8, 4) is 0 Å². The van der Waals surface area contributed by atoms with Gasteiger partial charge in [-0.3, -0.25) is 4.79 Å². The number of carbonyl (C=O) groups excluding carboxylic acids is 1. The van der Waals surface area contributed by atoms with Gasteiger partial charge in [0.15, 0.2) is 0 Å². The molecule has 7 heteroatoms. The zero-order chi connectivity index (χ0) is 17.8. The first-order valence-electron chi connectivity index (χ1n) is 9.29. The van der Waals surface area contributed by atoms with Gasteiger partial charge in [0.05, 0.1) is 11.7 Å². The molecule has 1 atom stereocenters. The predicted octanol–water partition coefficient (Wildman–Crippen LogP) is 2.55. The Labute approximate surface area is 149 Å². The average Bonchev–Trinajstić information content (AvgIpc) is 2.54. The molecule has 7 nitrogen and oxygen atoms in total. The summed E-state index contributed by atoms with van der Waals surface area (Å²) < 4.78 is 5.41. The van der Waals surface area contributed by atoms with Crippen LogP contribution in [0, 0.1) is 5.92 Å². The van der Waals surface area contributed by atoms with Crippen LogP contribution in [0.5, 0.6) is 0 Å². The zero-order valence-corrected chi connectivity index (χ0v) is 15.1. The van der Waals surface area contributed by atoms with Gasteiger partial charge in [0.2, 0.25) is 5.95 Å². The highest BCUT2D eigenvalue weighted by atomic mass is 16.5. The zero-order valence-electron chi connectivity index (χ0n) is 15.1. The molecule has 0 radical (unpaired) electrons. The number of aromatic nitrogens is 2. The second-order valence-corrected chi connectivity index (χ2v) is 7.30. The minimum absolute atomic E-state index is 0.270. The standard InChI is InChI=1S/C18H29N5O2/c1-11(12-4-3-5-12)21-17-15(16(19)24)10-20-18(23-17)22-13-6-8-14(25-2)9-7-13/h10-14H,3-9H2,1-2H3,(H2,19,24)(H2,20,21,22,23). The summed E-state index contributed by atoms with van der Waals surface area (Å²) >= 11 is 0. The molecule has 0 aromatic carbocycles. The van der Waals surface area contributed by atoms with E-state index in [0.29, 0.717) is 35.4 Å². The third-order valence-electron chi connectivity index (χ3n) is 5.62. The van der Waals surface area contributed by atoms with Gasteiger partial charge >= 0.3 is 0 Å². The van der Waals surface area contributed by atoms with E-state index in [1.54, 1.807) is 7.11 Å². The summed E-state index contributed by atoms with van der Waals surface area (Å²) in [6, 6.07) is 0.606. The monoisotopic (exact) mass is 347 g/mol. The van der Waals surface area contributed by atoms with Gasteiger partial charge in [-0.25, -0.2) is 4.98 Å². The molecule has 1 amide bonds. The molecule has 0 spiro atoms. The van der Waals surface area contributed by atoms with E-state index in [4.69, 9.17) is 10.5 Å². The number of anilines is 2. The van der Waals surface area contributed by atoms with E-state index < -0.39 is 5.91 Å². The predicted molar refractivity (Wildman–Crippen MR) is 97.7 cm³/mol. The van der Waals surface area contributed by atoms with Gasteiger partial charge in [0, 0.05) is 25.4 Å². The van der Waals surface area contributed by atoms with Crippen LogP contribution in [0.1, 0.15) is 62.2 Å². The Bertz CT molecular complexity index is 597. The first-order chi connectivity index (χ1) is 12.1. The summed E-state index contributed by atoms with van der Waals surface area (Å²) in [5.74, 6) is 1.22. The first kappa shape index (κ1) is 17.9. The average molecular weight is 347 g/mol. The SMILES string of the molecule is COC1CCC(Nc2ncc(C(N)=O)c(NC(C)C3CCC3)n2)CC1. The van der Waals surface area contributed by atoms with Crippen LogP contribution in [0.2, 0.25) is 0 Å². The van der Waals surface area contributed by atoms with Crippen molar-refractivity contribution in [3.63, 3.8) is 0 Å². The summed E-state index contributed by atoms with van der Waals surface area (Å²) in [4.78, 5) is 20.5. The topological polar surface area (TPSA) is 102 Å². The molecule has 2 fully saturated rings. The highest BCUT2D eigenvalue weighted by Gasteiger charge is 2.26. The fourth-order valence-corrected chi connectivity index (χ4v) is 3.64. The maximum Gasteiger partial charge on any atom is 0.254 e. The third-order valence-corrected chi connectivity index (χ3v) is 5.62. The van der Waals surface area contributed by atoms with Crippen molar-refractivity contribution in [2.24, 2.45) is 11.7 Å². The third kappa shape index (κ3) is 4.39. The van der Waals surface area contributed by atoms with Crippen LogP contribution < -0.4 is 16.4 Å². The molecule has 1 aromatic rings. The summed E-state index contributed by atoms with van der Waals surface area (Å²) in [5, 5.41) is 6.77. The molecule has 0 saturated heterocycles. The van der Waals surface area contributed by atoms with Crippen molar-refractivity contribution in [1.82, 2.24) is 9.97 Å². The number of nitrogens with two attached hydrogens (primary N) is 1. The minimum atomic E-state index is -0.504. The van der Waals surface area contributed by atoms with E-state index in [1.165, 1.54) is 25.5 Å². The number of methoxy groups -OCH3 is 1. The molecule has 1 aromatic heterocycles. The lowest BCUT2D eigenvalue weighted by Gasteiger charge is -2.32. The number of nitrogens with one attached hydrogen (secondary N) is 2. The van der Waals surface area contributed by atoms with Crippen molar-refractivity contribution < 1.29 is 9.53 Å². The van der Waals surface area contributed by atoms with E-state index in [0.717, 1.165) is 25.7 Å². The number of primary amides is 1. The van der Waals surface area contributed by atoms with Crippen LogP contribution in [-0.2, 0) is 4.74 Å². The van der Waals surface area contributed by atoms with Gasteiger partial charge < -0.3 is 21.1 Å². The van der Waals surface area contributed by atoms with Crippen LogP contribution in [0.15, 0.2) is 6.20 Å². The largest absolute Gasteiger partial charge is 0.381 e. The molecule has 0 bridgehead atoms. The molecular weight excluding hydrogens is 318 g/mol. The number of hydrogen-bond acceptors (Lipinski definition) is 6. The van der Waals surface area contributed by atoms with E-state index >= 15 is 0 Å². The Morgan fingerprint density at radius 2 is 2.00 bits per heavy atom. The van der Waals surface area contributed by atoms with Gasteiger partial charge in [0.1, 0.15) is 5.82 Å². The van der Waals surface area contributed by atoms with Crippen molar-refractivity contribution >= 4 is 17.7 Å². The van der Waals surface area contributed by atoms with Crippen molar-refractivity contribution in [3.05, 3.63) is 11.8 Å². The highest BCUT2D eigenvalue weighted by Crippen LogP contribution is 2.31. The van der Waals surface area contributed by atoms with Crippen LogP contribution in [0.25, 0.3) is 0 Å². The first-order valence-corrected chi connectivity index (χ1v) is 9.29. The maximum absolute atomic E-state index is 11.7. The van der Waals surface area contributed by atoms with Crippen molar-refractivity contribution in [1.29, 1.82) is 0 Å². The number of nitrogens with zero attached hydrogens (tertiary/aromatic N) is 2. The molecule has 1 unspecified atom stereocenters. The summed E-state index contributed by atoms with van der Waals surface area (Å²) in [6.07, 6.45) is 9.74. The summed E-state index contributed by atoms with van der Waals surface area (Å²) in [7, 11) is 1.77. The van der Waals surface area contributed by atoms with Gasteiger partial charge in [-0.1, -0.05) is 6.42 Å². The molecule has 3 rings (SSSR count). The molecule has 2 aliphatic carbocycles. The molecule has 4 N–H and O–H groups in total. The van der Waals surface area contributed by atoms with E-state index in [-0.39, 0.29) is 6.04 Å². The Balaban J connectivity index is 1.68. The Morgan fingerprint density at radius 1 is 1.28 bits per heavy atom. The van der Waals surface area contributed by atoms with Crippen molar-refractivity contribution in [2.75, 3.05) is 17.7 Å². The fraction of sp³-hybridized carbons (Fsp3) is 0.722. The lowest BCUT2D eigenvalue weighted by molar-refractivity contribution is 0.0681. The van der Waals surface area contributed by atoms with Crippen LogP contribution >= 0.6 is 0 Å². The summed E-state index contributed by atoms with van der Waals surface area (Å²) in [6.45, 7) is 2.13. The second kappa shape index (κ2) is 7.99. The minimum Gasteiger partial charge on any atom is -0.381 e. The highest BCUT2D eigenvalue weighted by molar-refractivity contribution is 5.97. The van der Waals surface area contributed by atoms with Crippen LogP contribution in [-0.4, -0.2) is 41.2 Å². The smallest absolute Gasteiger partial charge is 0.254 e. The number of hydrogen-bond donors (Lipinski definition) is 3. The number of carbonyl (C=O) groups is 1. The Kier molecular flexibility index (Phi) is 5.73.